The van der Waals surface area contributed by atoms with Crippen molar-refractivity contribution in [1.29, 1.82) is 0 Å². The van der Waals surface area contributed by atoms with E-state index in [1.54, 1.807) is 7.05 Å². The van der Waals surface area contributed by atoms with E-state index in [4.69, 9.17) is 17.2 Å². The van der Waals surface area contributed by atoms with Gasteiger partial charge in [0.15, 0.2) is 0 Å². The second-order valence-electron chi connectivity index (χ2n) is 5.97. The zero-order valence-corrected chi connectivity index (χ0v) is 14.1. The van der Waals surface area contributed by atoms with Crippen molar-refractivity contribution in [2.24, 2.45) is 7.05 Å². The summed E-state index contributed by atoms with van der Waals surface area (Å²) in [7, 11) is 1.72. The van der Waals surface area contributed by atoms with Gasteiger partial charge in [-0.3, -0.25) is 4.98 Å². The van der Waals surface area contributed by atoms with E-state index in [1.165, 1.54) is 4.57 Å². The van der Waals surface area contributed by atoms with Gasteiger partial charge >= 0.3 is 5.69 Å². The van der Waals surface area contributed by atoms with E-state index in [0.29, 0.717) is 4.64 Å². The topological polar surface area (TPSA) is 66.5 Å². The maximum Gasteiger partial charge on any atom is 0.326 e. The average Bonchev–Trinajstić information content (AvgIpc) is 2.85. The highest BCUT2D eigenvalue weighted by atomic mass is 32.1. The Morgan fingerprint density at radius 2 is 1.96 bits per heavy atom. The first-order valence-corrected chi connectivity index (χ1v) is 8.09. The van der Waals surface area contributed by atoms with Crippen molar-refractivity contribution < 1.29 is 0 Å². The van der Waals surface area contributed by atoms with E-state index in [2.05, 4.69) is 28.2 Å². The molecular weight excluding hydrogens is 320 g/mol. The number of hydrogen-bond acceptors (Lipinski definition) is 3. The minimum atomic E-state index is -0.220. The number of nitrogens with one attached hydrogen (secondary N) is 2. The fourth-order valence-electron chi connectivity index (χ4n) is 3.22. The van der Waals surface area contributed by atoms with Crippen molar-refractivity contribution >= 4 is 24.4 Å². The van der Waals surface area contributed by atoms with Crippen LogP contribution >= 0.6 is 12.2 Å². The third-order valence-electron chi connectivity index (χ3n) is 4.34. The molecule has 24 heavy (non-hydrogen) atoms. The van der Waals surface area contributed by atoms with Crippen molar-refractivity contribution in [2.45, 2.75) is 12.8 Å². The van der Waals surface area contributed by atoms with Crippen molar-refractivity contribution in [3.05, 3.63) is 79.5 Å². The van der Waals surface area contributed by atoms with Gasteiger partial charge in [0.05, 0.1) is 17.3 Å². The van der Waals surface area contributed by atoms with Gasteiger partial charge in [-0.15, -0.1) is 0 Å². The lowest BCUT2D eigenvalue weighted by atomic mass is 9.87. The Morgan fingerprint density at radius 3 is 2.79 bits per heavy atom. The molecule has 0 bridgehead atoms. The quantitative estimate of drug-likeness (QED) is 0.525. The van der Waals surface area contributed by atoms with E-state index in [1.807, 2.05) is 31.3 Å². The molecule has 2 N–H and O–H groups in total. The van der Waals surface area contributed by atoms with E-state index in [0.717, 1.165) is 33.9 Å². The Kier molecular flexibility index (Phi) is 3.35. The Bertz CT molecular complexity index is 1090. The van der Waals surface area contributed by atoms with Gasteiger partial charge in [-0.1, -0.05) is 42.6 Å². The molecule has 3 aromatic rings. The summed E-state index contributed by atoms with van der Waals surface area (Å²) in [6.07, 6.45) is 5.94. The van der Waals surface area contributed by atoms with Gasteiger partial charge in [-0.25, -0.2) is 9.78 Å². The molecular formula is C18H16N4OS. The first-order chi connectivity index (χ1) is 11.5. The number of rotatable bonds is 1. The number of nitrogens with zero attached hydrogens (tertiary/aromatic N) is 2. The highest BCUT2D eigenvalue weighted by Crippen LogP contribution is 2.37. The molecule has 4 rings (SSSR count). The summed E-state index contributed by atoms with van der Waals surface area (Å²) >= 11 is 5.46. The van der Waals surface area contributed by atoms with Crippen LogP contribution in [0, 0.1) is 11.6 Å². The first-order valence-electron chi connectivity index (χ1n) is 7.68. The summed E-state index contributed by atoms with van der Waals surface area (Å²) in [5.74, 6) is 0.723. The smallest absolute Gasteiger partial charge is 0.326 e. The maximum atomic E-state index is 11.8. The zero-order valence-electron chi connectivity index (χ0n) is 13.3. The van der Waals surface area contributed by atoms with Crippen LogP contribution in [0.4, 0.5) is 0 Å². The number of benzene rings is 1. The van der Waals surface area contributed by atoms with Gasteiger partial charge in [-0.05, 0) is 24.1 Å². The van der Waals surface area contributed by atoms with Crippen molar-refractivity contribution in [2.75, 3.05) is 0 Å². The molecule has 1 aromatic carbocycles. The van der Waals surface area contributed by atoms with Crippen LogP contribution in [0.25, 0.3) is 12.2 Å². The molecule has 0 radical (unpaired) electrons. The number of imidazole rings is 1. The minimum Gasteiger partial charge on any atom is -0.342 e. The lowest BCUT2D eigenvalue weighted by molar-refractivity contribution is 0.769. The number of fused-ring (bicyclic) bond motifs is 2. The van der Waals surface area contributed by atoms with Gasteiger partial charge in [0.2, 0.25) is 0 Å². The minimum absolute atomic E-state index is 0.133. The molecule has 0 amide bonds. The van der Waals surface area contributed by atoms with Crippen molar-refractivity contribution in [3.8, 4) is 0 Å². The fourth-order valence-corrected chi connectivity index (χ4v) is 3.48. The highest BCUT2D eigenvalue weighted by molar-refractivity contribution is 7.71. The van der Waals surface area contributed by atoms with Gasteiger partial charge in [0, 0.05) is 18.8 Å². The Morgan fingerprint density at radius 1 is 1.17 bits per heavy atom. The van der Waals surface area contributed by atoms with E-state index in [9.17, 15) is 4.79 Å². The van der Waals surface area contributed by atoms with Crippen LogP contribution in [0.1, 0.15) is 39.8 Å². The SMILES string of the molecule is Cc1nc2c([nH]1)C=Cc1ccccc1C2c1cn(C)c(=O)[nH]c1=S. The predicted octanol–water partition coefficient (Wildman–Crippen LogP) is 3.14. The van der Waals surface area contributed by atoms with E-state index < -0.39 is 0 Å². The highest BCUT2D eigenvalue weighted by Gasteiger charge is 2.27. The van der Waals surface area contributed by atoms with Crippen LogP contribution in [0.5, 0.6) is 0 Å². The van der Waals surface area contributed by atoms with E-state index >= 15 is 0 Å². The summed E-state index contributed by atoms with van der Waals surface area (Å²) in [6, 6.07) is 8.19. The summed E-state index contributed by atoms with van der Waals surface area (Å²) < 4.78 is 1.97. The molecule has 1 aliphatic rings. The fraction of sp³-hybridized carbons (Fsp3) is 0.167. The van der Waals surface area contributed by atoms with Crippen LogP contribution in [0.15, 0.2) is 35.3 Å². The number of aromatic amines is 2. The normalized spacial score (nSPS) is 15.7. The molecule has 2 aromatic heterocycles. The first kappa shape index (κ1) is 14.8. The van der Waals surface area contributed by atoms with Gasteiger partial charge in [0.1, 0.15) is 10.5 Å². The van der Waals surface area contributed by atoms with Crippen LogP contribution in [-0.2, 0) is 7.05 Å². The van der Waals surface area contributed by atoms with Gasteiger partial charge in [0.25, 0.3) is 0 Å². The molecule has 1 atom stereocenters. The Balaban J connectivity index is 2.07. The van der Waals surface area contributed by atoms with Crippen LogP contribution in [0.3, 0.4) is 0 Å². The van der Waals surface area contributed by atoms with Crippen molar-refractivity contribution in [3.63, 3.8) is 0 Å². The summed E-state index contributed by atoms with van der Waals surface area (Å²) in [4.78, 5) is 22.6. The summed E-state index contributed by atoms with van der Waals surface area (Å²) in [6.45, 7) is 1.94. The molecule has 0 fully saturated rings. The third kappa shape index (κ3) is 2.27. The molecule has 6 heteroatoms. The number of aromatic nitrogens is 4. The molecule has 2 heterocycles. The molecule has 0 aliphatic heterocycles. The lowest BCUT2D eigenvalue weighted by Crippen LogP contribution is -2.22. The molecule has 0 saturated heterocycles. The van der Waals surface area contributed by atoms with Crippen LogP contribution in [0.2, 0.25) is 0 Å². The second kappa shape index (κ2) is 5.42. The number of aryl methyl sites for hydroxylation is 2. The summed E-state index contributed by atoms with van der Waals surface area (Å²) in [5.41, 5.74) is 4.79. The van der Waals surface area contributed by atoms with Crippen molar-refractivity contribution in [1.82, 2.24) is 19.5 Å². The molecule has 120 valence electrons. The largest absolute Gasteiger partial charge is 0.342 e. The van der Waals surface area contributed by atoms with Crippen LogP contribution < -0.4 is 5.69 Å². The molecule has 1 aliphatic carbocycles. The van der Waals surface area contributed by atoms with Gasteiger partial charge in [-0.2, -0.15) is 0 Å². The van der Waals surface area contributed by atoms with E-state index in [-0.39, 0.29) is 11.6 Å². The maximum absolute atomic E-state index is 11.8. The predicted molar refractivity (Wildman–Crippen MR) is 96.5 cm³/mol. The number of hydrogen-bond donors (Lipinski definition) is 2. The summed E-state index contributed by atoms with van der Waals surface area (Å²) in [5, 5.41) is 0. The zero-order chi connectivity index (χ0) is 16.8. The average molecular weight is 336 g/mol. The monoisotopic (exact) mass is 336 g/mol. The van der Waals surface area contributed by atoms with Gasteiger partial charge < -0.3 is 9.55 Å². The molecule has 1 unspecified atom stereocenters. The molecule has 0 saturated carbocycles. The number of H-pyrrole nitrogens is 2. The Labute approximate surface area is 143 Å². The molecule has 0 spiro atoms. The standard InChI is InChI=1S/C18H16N4OS/c1-10-19-14-8-7-11-5-3-4-6-12(11)15(16(14)20-10)13-9-22(2)18(23)21-17(13)24/h3-9,15H,1-2H3,(H,19,20)(H,21,23,24). The third-order valence-corrected chi connectivity index (χ3v) is 4.67. The second-order valence-corrected chi connectivity index (χ2v) is 6.38. The molecule has 5 nitrogen and oxygen atoms in total. The van der Waals surface area contributed by atoms with Crippen LogP contribution in [-0.4, -0.2) is 19.5 Å². The Hall–Kier alpha value is -2.73. The lowest BCUT2D eigenvalue weighted by Gasteiger charge is -2.18.